The second-order valence-corrected chi connectivity index (χ2v) is 4.33. The number of benzene rings is 1. The normalized spacial score (nSPS) is 19.0. The van der Waals surface area contributed by atoms with Crippen molar-refractivity contribution in [1.29, 1.82) is 0 Å². The fraction of sp³-hybridized carbons (Fsp3) is 0.538. The third-order valence-electron chi connectivity index (χ3n) is 3.23. The van der Waals surface area contributed by atoms with Crippen molar-refractivity contribution in [3.05, 3.63) is 29.6 Å². The first-order valence-electron chi connectivity index (χ1n) is 5.98. The third kappa shape index (κ3) is 2.58. The second-order valence-electron chi connectivity index (χ2n) is 4.33. The Labute approximate surface area is 101 Å². The summed E-state index contributed by atoms with van der Waals surface area (Å²) in [5.74, 6) is -0.00880. The first-order valence-corrected chi connectivity index (χ1v) is 5.98. The lowest BCUT2D eigenvalue weighted by molar-refractivity contribution is -0.0137. The maximum Gasteiger partial charge on any atom is 0.140 e. The van der Waals surface area contributed by atoms with Gasteiger partial charge in [-0.1, -0.05) is 12.5 Å². The van der Waals surface area contributed by atoms with Crippen LogP contribution in [0.25, 0.3) is 0 Å². The number of piperidine rings is 1. The molecule has 3 nitrogen and oxygen atoms in total. The molecule has 1 heterocycles. The summed E-state index contributed by atoms with van der Waals surface area (Å²) in [6.45, 7) is 1.61. The molecule has 1 aliphatic heterocycles. The molecule has 1 saturated heterocycles. The van der Waals surface area contributed by atoms with Crippen molar-refractivity contribution in [3.8, 4) is 5.75 Å². The monoisotopic (exact) mass is 239 g/mol. The van der Waals surface area contributed by atoms with Crippen LogP contribution in [0.5, 0.6) is 5.75 Å². The summed E-state index contributed by atoms with van der Waals surface area (Å²) >= 11 is 0. The number of aliphatic hydroxyl groups excluding tert-OH is 1. The van der Waals surface area contributed by atoms with Crippen LogP contribution in [0.2, 0.25) is 0 Å². The van der Waals surface area contributed by atoms with E-state index in [4.69, 9.17) is 4.74 Å². The zero-order valence-corrected chi connectivity index (χ0v) is 10.0. The maximum atomic E-state index is 13.8. The quantitative estimate of drug-likeness (QED) is 0.878. The van der Waals surface area contributed by atoms with E-state index >= 15 is 0 Å². The fourth-order valence-electron chi connectivity index (χ4n) is 2.29. The van der Waals surface area contributed by atoms with Crippen molar-refractivity contribution in [1.82, 2.24) is 4.90 Å². The van der Waals surface area contributed by atoms with Crippen molar-refractivity contribution < 1.29 is 14.2 Å². The predicted molar refractivity (Wildman–Crippen MR) is 63.3 cm³/mol. The van der Waals surface area contributed by atoms with Gasteiger partial charge in [-0.25, -0.2) is 4.39 Å². The molecule has 1 aromatic rings. The van der Waals surface area contributed by atoms with Crippen LogP contribution in [0.15, 0.2) is 18.2 Å². The molecule has 17 heavy (non-hydrogen) atoms. The third-order valence-corrected chi connectivity index (χ3v) is 3.23. The molecule has 0 bridgehead atoms. The Morgan fingerprint density at radius 2 is 2.00 bits per heavy atom. The zero-order chi connectivity index (χ0) is 12.3. The highest BCUT2D eigenvalue weighted by Crippen LogP contribution is 2.31. The summed E-state index contributed by atoms with van der Waals surface area (Å²) in [6, 6.07) is 4.61. The minimum atomic E-state index is -0.911. The molecule has 1 N–H and O–H groups in total. The van der Waals surface area contributed by atoms with Gasteiger partial charge in [0.15, 0.2) is 0 Å². The SMILES string of the molecule is COc1cccc(F)c1C(O)N1CCCCC1. The second kappa shape index (κ2) is 5.47. The number of methoxy groups -OCH3 is 1. The summed E-state index contributed by atoms with van der Waals surface area (Å²) in [5, 5.41) is 10.2. The van der Waals surface area contributed by atoms with Crippen molar-refractivity contribution in [2.24, 2.45) is 0 Å². The number of hydrogen-bond acceptors (Lipinski definition) is 3. The molecule has 1 unspecified atom stereocenters. The first kappa shape index (κ1) is 12.3. The van der Waals surface area contributed by atoms with Gasteiger partial charge in [0.05, 0.1) is 12.7 Å². The van der Waals surface area contributed by atoms with Crippen LogP contribution in [-0.2, 0) is 0 Å². The first-order chi connectivity index (χ1) is 8.24. The Bertz CT molecular complexity index is 378. The fourth-order valence-corrected chi connectivity index (χ4v) is 2.29. The molecule has 0 saturated carbocycles. The van der Waals surface area contributed by atoms with Crippen molar-refractivity contribution in [2.75, 3.05) is 20.2 Å². The largest absolute Gasteiger partial charge is 0.496 e. The molecule has 4 heteroatoms. The predicted octanol–water partition coefficient (Wildman–Crippen LogP) is 2.31. The zero-order valence-electron chi connectivity index (χ0n) is 10.0. The highest BCUT2D eigenvalue weighted by atomic mass is 19.1. The standard InChI is InChI=1S/C13H18FNO2/c1-17-11-7-5-6-10(14)12(11)13(16)15-8-3-2-4-9-15/h5-7,13,16H,2-4,8-9H2,1H3. The average Bonchev–Trinajstić information content (AvgIpc) is 2.38. The van der Waals surface area contributed by atoms with Crippen molar-refractivity contribution in [2.45, 2.75) is 25.5 Å². The number of aliphatic hydroxyl groups is 1. The van der Waals surface area contributed by atoms with Crippen LogP contribution in [-0.4, -0.2) is 30.2 Å². The van der Waals surface area contributed by atoms with Gasteiger partial charge in [0.25, 0.3) is 0 Å². The van der Waals surface area contributed by atoms with E-state index in [1.165, 1.54) is 19.6 Å². The minimum Gasteiger partial charge on any atom is -0.496 e. The molecule has 2 rings (SSSR count). The molecule has 0 amide bonds. The molecule has 0 aliphatic carbocycles. The van der Waals surface area contributed by atoms with Crippen molar-refractivity contribution in [3.63, 3.8) is 0 Å². The van der Waals surface area contributed by atoms with Gasteiger partial charge in [-0.05, 0) is 25.0 Å². The molecular formula is C13H18FNO2. The average molecular weight is 239 g/mol. The Hall–Kier alpha value is -1.13. The van der Waals surface area contributed by atoms with Crippen LogP contribution >= 0.6 is 0 Å². The van der Waals surface area contributed by atoms with E-state index in [9.17, 15) is 9.50 Å². The van der Waals surface area contributed by atoms with Gasteiger partial charge in [-0.2, -0.15) is 0 Å². The minimum absolute atomic E-state index is 0.247. The molecule has 94 valence electrons. The lowest BCUT2D eigenvalue weighted by Gasteiger charge is -2.32. The molecular weight excluding hydrogens is 221 g/mol. The van der Waals surface area contributed by atoms with Crippen LogP contribution in [0.4, 0.5) is 4.39 Å². The van der Waals surface area contributed by atoms with Gasteiger partial charge in [-0.3, -0.25) is 4.90 Å². The molecule has 0 spiro atoms. The van der Waals surface area contributed by atoms with E-state index in [0.29, 0.717) is 5.75 Å². The molecule has 1 aliphatic rings. The van der Waals surface area contributed by atoms with Crippen molar-refractivity contribution >= 4 is 0 Å². The summed E-state index contributed by atoms with van der Waals surface area (Å²) in [5.41, 5.74) is 0.247. The summed E-state index contributed by atoms with van der Waals surface area (Å²) in [7, 11) is 1.49. The Morgan fingerprint density at radius 1 is 1.29 bits per heavy atom. The Morgan fingerprint density at radius 3 is 2.65 bits per heavy atom. The molecule has 0 aromatic heterocycles. The van der Waals surface area contributed by atoms with Crippen LogP contribution < -0.4 is 4.74 Å². The van der Waals surface area contributed by atoms with Gasteiger partial charge in [0, 0.05) is 13.1 Å². The maximum absolute atomic E-state index is 13.8. The topological polar surface area (TPSA) is 32.7 Å². The molecule has 1 aromatic carbocycles. The number of halogens is 1. The number of ether oxygens (including phenoxy) is 1. The highest BCUT2D eigenvalue weighted by Gasteiger charge is 2.25. The van der Waals surface area contributed by atoms with Gasteiger partial charge >= 0.3 is 0 Å². The smallest absolute Gasteiger partial charge is 0.140 e. The van der Waals surface area contributed by atoms with Gasteiger partial charge in [0.1, 0.15) is 17.8 Å². The number of hydrogen-bond donors (Lipinski definition) is 1. The lowest BCUT2D eigenvalue weighted by Crippen LogP contribution is -2.34. The van der Waals surface area contributed by atoms with Gasteiger partial charge < -0.3 is 9.84 Å². The van der Waals surface area contributed by atoms with E-state index in [2.05, 4.69) is 0 Å². The summed E-state index contributed by atoms with van der Waals surface area (Å²) in [6.07, 6.45) is 2.37. The number of nitrogens with zero attached hydrogens (tertiary/aromatic N) is 1. The lowest BCUT2D eigenvalue weighted by atomic mass is 10.1. The number of rotatable bonds is 3. The van der Waals surface area contributed by atoms with E-state index in [0.717, 1.165) is 25.9 Å². The van der Waals surface area contributed by atoms with Crippen LogP contribution in [0, 0.1) is 5.82 Å². The van der Waals surface area contributed by atoms with Crippen LogP contribution in [0.1, 0.15) is 31.1 Å². The highest BCUT2D eigenvalue weighted by molar-refractivity contribution is 5.36. The van der Waals surface area contributed by atoms with Gasteiger partial charge in [-0.15, -0.1) is 0 Å². The van der Waals surface area contributed by atoms with Gasteiger partial charge in [0.2, 0.25) is 0 Å². The number of likely N-dealkylation sites (tertiary alicyclic amines) is 1. The summed E-state index contributed by atoms with van der Waals surface area (Å²) < 4.78 is 18.9. The van der Waals surface area contributed by atoms with E-state index in [1.54, 1.807) is 12.1 Å². The van der Waals surface area contributed by atoms with Crippen LogP contribution in [0.3, 0.4) is 0 Å². The molecule has 1 atom stereocenters. The Kier molecular flexibility index (Phi) is 3.97. The molecule has 0 radical (unpaired) electrons. The van der Waals surface area contributed by atoms with E-state index < -0.39 is 12.0 Å². The molecule has 1 fully saturated rings. The Balaban J connectivity index is 2.25. The van der Waals surface area contributed by atoms with E-state index in [1.807, 2.05) is 4.90 Å². The summed E-state index contributed by atoms with van der Waals surface area (Å²) in [4.78, 5) is 1.89. The van der Waals surface area contributed by atoms with E-state index in [-0.39, 0.29) is 5.56 Å².